The second-order valence-corrected chi connectivity index (χ2v) is 5.32. The lowest BCUT2D eigenvalue weighted by atomic mass is 9.91. The van der Waals surface area contributed by atoms with Gasteiger partial charge in [0.05, 0.1) is 4.47 Å². The van der Waals surface area contributed by atoms with E-state index in [1.807, 2.05) is 0 Å². The van der Waals surface area contributed by atoms with E-state index in [1.54, 1.807) is 12.4 Å². The van der Waals surface area contributed by atoms with E-state index in [1.165, 1.54) is 19.3 Å². The Bertz CT molecular complexity index is 327. The van der Waals surface area contributed by atoms with Crippen LogP contribution in [0.4, 0.5) is 5.95 Å². The first-order valence-corrected chi connectivity index (χ1v) is 6.94. The van der Waals surface area contributed by atoms with E-state index in [-0.39, 0.29) is 0 Å². The van der Waals surface area contributed by atoms with E-state index < -0.39 is 0 Å². The molecule has 88 valence electrons. The van der Waals surface area contributed by atoms with Crippen molar-refractivity contribution in [2.45, 2.75) is 31.7 Å². The molecule has 5 heteroatoms. The first kappa shape index (κ1) is 12.1. The smallest absolute Gasteiger partial charge is 0.225 e. The minimum Gasteiger partial charge on any atom is -0.338 e. The van der Waals surface area contributed by atoms with E-state index in [0.29, 0.717) is 11.9 Å². The van der Waals surface area contributed by atoms with E-state index in [0.717, 1.165) is 23.4 Å². The highest BCUT2D eigenvalue weighted by atomic mass is 79.9. The second-order valence-electron chi connectivity index (χ2n) is 4.02. The van der Waals surface area contributed by atoms with Crippen molar-refractivity contribution in [1.82, 2.24) is 9.97 Å². The molecule has 0 spiro atoms. The van der Waals surface area contributed by atoms with Crippen molar-refractivity contribution in [3.05, 3.63) is 16.9 Å². The lowest BCUT2D eigenvalue weighted by molar-refractivity contribution is 0.381. The molecule has 0 atom stereocenters. The molecular weight excluding hydrogens is 289 g/mol. The molecule has 1 aromatic heterocycles. The topological polar surface area (TPSA) is 29.0 Å². The van der Waals surface area contributed by atoms with Crippen LogP contribution in [-0.4, -0.2) is 28.4 Å². The van der Waals surface area contributed by atoms with E-state index in [4.69, 9.17) is 11.6 Å². The number of anilines is 1. The normalized spacial score (nSPS) is 15.9. The molecule has 1 heterocycles. The van der Waals surface area contributed by atoms with Crippen LogP contribution in [-0.2, 0) is 0 Å². The maximum Gasteiger partial charge on any atom is 0.225 e. The van der Waals surface area contributed by atoms with Gasteiger partial charge in [0.1, 0.15) is 0 Å². The number of halogens is 2. The van der Waals surface area contributed by atoms with Crippen LogP contribution < -0.4 is 4.90 Å². The highest BCUT2D eigenvalue weighted by Crippen LogP contribution is 2.27. The van der Waals surface area contributed by atoms with Gasteiger partial charge in [-0.2, -0.15) is 0 Å². The second kappa shape index (κ2) is 5.82. The fraction of sp³-hybridized carbons (Fsp3) is 0.636. The summed E-state index contributed by atoms with van der Waals surface area (Å²) in [7, 11) is 0. The van der Waals surface area contributed by atoms with Crippen LogP contribution in [0.25, 0.3) is 0 Å². The van der Waals surface area contributed by atoms with Crippen molar-refractivity contribution in [3.8, 4) is 0 Å². The van der Waals surface area contributed by atoms with E-state index in [2.05, 4.69) is 30.8 Å². The third kappa shape index (κ3) is 2.86. The number of alkyl halides is 1. The van der Waals surface area contributed by atoms with Crippen LogP contribution in [0.5, 0.6) is 0 Å². The third-order valence-electron chi connectivity index (χ3n) is 2.91. The summed E-state index contributed by atoms with van der Waals surface area (Å²) < 4.78 is 0.919. The fourth-order valence-electron chi connectivity index (χ4n) is 1.83. The molecular formula is C11H15BrClN3. The van der Waals surface area contributed by atoms with Gasteiger partial charge < -0.3 is 4.90 Å². The van der Waals surface area contributed by atoms with E-state index >= 15 is 0 Å². The number of rotatable bonds is 5. The van der Waals surface area contributed by atoms with Crippen molar-refractivity contribution >= 4 is 33.5 Å². The Morgan fingerprint density at radius 1 is 1.38 bits per heavy atom. The molecule has 0 saturated heterocycles. The van der Waals surface area contributed by atoms with Crippen LogP contribution in [0.2, 0.25) is 0 Å². The average molecular weight is 305 g/mol. The van der Waals surface area contributed by atoms with Crippen molar-refractivity contribution < 1.29 is 0 Å². The molecule has 3 nitrogen and oxygen atoms in total. The summed E-state index contributed by atoms with van der Waals surface area (Å²) in [6.45, 7) is 0.954. The first-order valence-electron chi connectivity index (χ1n) is 5.61. The van der Waals surface area contributed by atoms with Gasteiger partial charge in [0.15, 0.2) is 0 Å². The SMILES string of the molecule is ClCCCN(c1ncc(Br)cn1)C1CCC1. The number of hydrogen-bond acceptors (Lipinski definition) is 3. The molecule has 0 radical (unpaired) electrons. The van der Waals surface area contributed by atoms with Gasteiger partial charge in [-0.25, -0.2) is 9.97 Å². The van der Waals surface area contributed by atoms with Gasteiger partial charge in [0.25, 0.3) is 0 Å². The van der Waals surface area contributed by atoms with Crippen LogP contribution in [0.15, 0.2) is 16.9 Å². The molecule has 1 aromatic rings. The standard InChI is InChI=1S/C11H15BrClN3/c12-9-7-14-11(15-8-9)16(6-2-5-13)10-3-1-4-10/h7-8,10H,1-6H2. The molecule has 1 saturated carbocycles. The number of hydrogen-bond donors (Lipinski definition) is 0. The molecule has 0 aliphatic heterocycles. The molecule has 0 unspecified atom stereocenters. The van der Waals surface area contributed by atoms with Gasteiger partial charge >= 0.3 is 0 Å². The zero-order valence-corrected chi connectivity index (χ0v) is 11.4. The summed E-state index contributed by atoms with van der Waals surface area (Å²) >= 11 is 9.10. The highest BCUT2D eigenvalue weighted by molar-refractivity contribution is 9.10. The van der Waals surface area contributed by atoms with Crippen LogP contribution in [0.1, 0.15) is 25.7 Å². The summed E-state index contributed by atoms with van der Waals surface area (Å²) in [6.07, 6.45) is 8.41. The molecule has 1 aliphatic rings. The highest BCUT2D eigenvalue weighted by Gasteiger charge is 2.26. The Morgan fingerprint density at radius 2 is 2.06 bits per heavy atom. The molecule has 16 heavy (non-hydrogen) atoms. The lowest BCUT2D eigenvalue weighted by Crippen LogP contribution is -2.42. The number of nitrogens with zero attached hydrogens (tertiary/aromatic N) is 3. The van der Waals surface area contributed by atoms with Crippen molar-refractivity contribution in [1.29, 1.82) is 0 Å². The Kier molecular flexibility index (Phi) is 4.41. The molecule has 0 N–H and O–H groups in total. The molecule has 0 bridgehead atoms. The summed E-state index contributed by atoms with van der Waals surface area (Å²) in [5.41, 5.74) is 0. The summed E-state index contributed by atoms with van der Waals surface area (Å²) in [6, 6.07) is 0.615. The number of aromatic nitrogens is 2. The van der Waals surface area contributed by atoms with Crippen LogP contribution in [0, 0.1) is 0 Å². The minimum atomic E-state index is 0.615. The Labute approximate surface area is 109 Å². The molecule has 1 fully saturated rings. The summed E-state index contributed by atoms with van der Waals surface area (Å²) in [4.78, 5) is 11.0. The average Bonchev–Trinajstić information content (AvgIpc) is 2.23. The van der Waals surface area contributed by atoms with Crippen LogP contribution >= 0.6 is 27.5 Å². The van der Waals surface area contributed by atoms with Gasteiger partial charge in [0.2, 0.25) is 5.95 Å². The maximum absolute atomic E-state index is 5.75. The van der Waals surface area contributed by atoms with Gasteiger partial charge in [-0.15, -0.1) is 11.6 Å². The zero-order chi connectivity index (χ0) is 11.4. The van der Waals surface area contributed by atoms with Gasteiger partial charge in [-0.05, 0) is 41.6 Å². The van der Waals surface area contributed by atoms with Crippen molar-refractivity contribution in [2.24, 2.45) is 0 Å². The zero-order valence-electron chi connectivity index (χ0n) is 9.07. The first-order chi connectivity index (χ1) is 7.81. The minimum absolute atomic E-state index is 0.615. The molecule has 0 amide bonds. The lowest BCUT2D eigenvalue weighted by Gasteiger charge is -2.37. The predicted octanol–water partition coefficient (Wildman–Crippen LogP) is 3.23. The predicted molar refractivity (Wildman–Crippen MR) is 70.1 cm³/mol. The summed E-state index contributed by atoms with van der Waals surface area (Å²) in [5, 5.41) is 0. The third-order valence-corrected chi connectivity index (χ3v) is 3.59. The van der Waals surface area contributed by atoms with Crippen molar-refractivity contribution in [2.75, 3.05) is 17.3 Å². The molecule has 0 aromatic carbocycles. The monoisotopic (exact) mass is 303 g/mol. The Hall–Kier alpha value is -0.350. The quantitative estimate of drug-likeness (QED) is 0.782. The van der Waals surface area contributed by atoms with Gasteiger partial charge in [-0.3, -0.25) is 0 Å². The van der Waals surface area contributed by atoms with Gasteiger partial charge in [0, 0.05) is 30.9 Å². The van der Waals surface area contributed by atoms with E-state index in [9.17, 15) is 0 Å². The summed E-state index contributed by atoms with van der Waals surface area (Å²) in [5.74, 6) is 1.53. The Balaban J connectivity index is 2.07. The maximum atomic E-state index is 5.75. The van der Waals surface area contributed by atoms with Crippen LogP contribution in [0.3, 0.4) is 0 Å². The van der Waals surface area contributed by atoms with Crippen molar-refractivity contribution in [3.63, 3.8) is 0 Å². The fourth-order valence-corrected chi connectivity index (χ4v) is 2.15. The largest absolute Gasteiger partial charge is 0.338 e. The van der Waals surface area contributed by atoms with Gasteiger partial charge in [-0.1, -0.05) is 0 Å². The Morgan fingerprint density at radius 3 is 2.56 bits per heavy atom. The molecule has 1 aliphatic carbocycles. The molecule has 2 rings (SSSR count).